The first-order valence-electron chi connectivity index (χ1n) is 7.67. The van der Waals surface area contributed by atoms with E-state index >= 15 is 0 Å². The van der Waals surface area contributed by atoms with Gasteiger partial charge in [0.05, 0.1) is 6.20 Å². The maximum atomic E-state index is 13.9. The lowest BCUT2D eigenvalue weighted by Crippen LogP contribution is -2.26. The Morgan fingerprint density at radius 2 is 2.23 bits per heavy atom. The second-order valence-electron chi connectivity index (χ2n) is 5.79. The predicted molar refractivity (Wildman–Crippen MR) is 84.1 cm³/mol. The molecule has 0 amide bonds. The summed E-state index contributed by atoms with van der Waals surface area (Å²) in [5.74, 6) is 1.44. The van der Waals surface area contributed by atoms with Crippen LogP contribution in [0.25, 0.3) is 0 Å². The van der Waals surface area contributed by atoms with Gasteiger partial charge in [-0.3, -0.25) is 4.99 Å². The van der Waals surface area contributed by atoms with Crippen molar-refractivity contribution in [1.82, 2.24) is 10.3 Å². The first-order valence-corrected chi connectivity index (χ1v) is 7.67. The second-order valence-corrected chi connectivity index (χ2v) is 5.79. The van der Waals surface area contributed by atoms with E-state index in [-0.39, 0.29) is 11.7 Å². The number of nitrogens with zero attached hydrogens (tertiary/aromatic N) is 2. The zero-order valence-electron chi connectivity index (χ0n) is 12.5. The Morgan fingerprint density at radius 3 is 3.05 bits per heavy atom. The summed E-state index contributed by atoms with van der Waals surface area (Å²) in [6.07, 6.45) is 7.72. The number of rotatable bonds is 3. The minimum absolute atomic E-state index is 0.0556. The number of hydrogen-bond donors (Lipinski definition) is 2. The maximum absolute atomic E-state index is 13.9. The summed E-state index contributed by atoms with van der Waals surface area (Å²) >= 11 is 0. The van der Waals surface area contributed by atoms with Crippen molar-refractivity contribution in [3.05, 3.63) is 35.9 Å². The van der Waals surface area contributed by atoms with E-state index in [0.717, 1.165) is 38.4 Å². The summed E-state index contributed by atoms with van der Waals surface area (Å²) in [4.78, 5) is 8.44. The van der Waals surface area contributed by atoms with Crippen molar-refractivity contribution in [2.75, 3.05) is 25.5 Å². The summed E-state index contributed by atoms with van der Waals surface area (Å²) in [5.41, 5.74) is 6.24. The van der Waals surface area contributed by atoms with Crippen molar-refractivity contribution < 1.29 is 9.13 Å². The molecule has 2 aliphatic heterocycles. The molecule has 0 radical (unpaired) electrons. The summed E-state index contributed by atoms with van der Waals surface area (Å²) < 4.78 is 19.3. The van der Waals surface area contributed by atoms with Crippen LogP contribution in [0.5, 0.6) is 0 Å². The third kappa shape index (κ3) is 3.62. The molecule has 1 aromatic heterocycles. The number of allylic oxidation sites excluding steroid dienone is 1. The van der Waals surface area contributed by atoms with Crippen molar-refractivity contribution in [2.45, 2.75) is 25.2 Å². The van der Waals surface area contributed by atoms with Crippen molar-refractivity contribution >= 4 is 11.7 Å². The lowest BCUT2D eigenvalue weighted by atomic mass is 9.93. The molecule has 1 aromatic rings. The number of amidine groups is 1. The fourth-order valence-corrected chi connectivity index (χ4v) is 2.84. The Kier molecular flexibility index (Phi) is 4.68. The van der Waals surface area contributed by atoms with E-state index in [0.29, 0.717) is 23.7 Å². The van der Waals surface area contributed by atoms with Crippen LogP contribution in [0.1, 0.15) is 30.7 Å². The molecule has 1 fully saturated rings. The van der Waals surface area contributed by atoms with Gasteiger partial charge < -0.3 is 15.8 Å². The highest BCUT2D eigenvalue weighted by Gasteiger charge is 2.20. The lowest BCUT2D eigenvalue weighted by molar-refractivity contribution is 0.0689. The third-order valence-electron chi connectivity index (χ3n) is 4.18. The molecular formula is C16H21FN4O. The first kappa shape index (κ1) is 15.0. The molecular weight excluding hydrogens is 283 g/mol. The third-order valence-corrected chi connectivity index (χ3v) is 4.18. The van der Waals surface area contributed by atoms with Crippen molar-refractivity contribution in [3.8, 4) is 0 Å². The van der Waals surface area contributed by atoms with Crippen LogP contribution in [-0.2, 0) is 4.74 Å². The van der Waals surface area contributed by atoms with E-state index in [1.807, 2.05) is 12.3 Å². The van der Waals surface area contributed by atoms with Crippen LogP contribution in [0.2, 0.25) is 0 Å². The summed E-state index contributed by atoms with van der Waals surface area (Å²) in [7, 11) is 0. The number of halogens is 1. The standard InChI is InChI=1S/C16H21FN4O/c17-14-10-20-15(18)8-13(14)12-1-4-19-16(7-12)21-9-11-2-5-22-6-3-11/h1,4,8,10-12H,2-3,5-7,9H2,(H2,18,20)(H,19,21). The predicted octanol–water partition coefficient (Wildman–Crippen LogP) is 2.22. The number of anilines is 1. The molecule has 1 unspecified atom stereocenters. The molecule has 6 heteroatoms. The van der Waals surface area contributed by atoms with Gasteiger partial charge in [0.15, 0.2) is 0 Å². The molecule has 0 aliphatic carbocycles. The van der Waals surface area contributed by atoms with Crippen molar-refractivity contribution in [3.63, 3.8) is 0 Å². The molecule has 0 bridgehead atoms. The normalized spacial score (nSPS) is 24.4. The molecule has 2 aliphatic rings. The minimum Gasteiger partial charge on any atom is -0.384 e. The van der Waals surface area contributed by atoms with E-state index in [1.165, 1.54) is 6.20 Å². The highest BCUT2D eigenvalue weighted by molar-refractivity contribution is 5.85. The van der Waals surface area contributed by atoms with Crippen LogP contribution < -0.4 is 11.1 Å². The largest absolute Gasteiger partial charge is 0.384 e. The first-order chi connectivity index (χ1) is 10.7. The van der Waals surface area contributed by atoms with Gasteiger partial charge in [-0.15, -0.1) is 0 Å². The van der Waals surface area contributed by atoms with E-state index in [1.54, 1.807) is 6.07 Å². The second kappa shape index (κ2) is 6.87. The fraction of sp³-hybridized carbons (Fsp3) is 0.500. The highest BCUT2D eigenvalue weighted by atomic mass is 19.1. The number of ether oxygens (including phenoxy) is 1. The number of nitrogens with one attached hydrogen (secondary N) is 1. The molecule has 0 saturated carbocycles. The lowest BCUT2D eigenvalue weighted by Gasteiger charge is -2.23. The number of hydrogen-bond acceptors (Lipinski definition) is 4. The highest BCUT2D eigenvalue weighted by Crippen LogP contribution is 2.27. The van der Waals surface area contributed by atoms with Crippen LogP contribution in [0.4, 0.5) is 10.2 Å². The Labute approximate surface area is 129 Å². The van der Waals surface area contributed by atoms with Gasteiger partial charge in [0.25, 0.3) is 0 Å². The number of nitrogens with two attached hydrogens (primary N) is 1. The number of aromatic nitrogens is 1. The van der Waals surface area contributed by atoms with Gasteiger partial charge in [-0.1, -0.05) is 6.08 Å². The Bertz CT molecular complexity index is 582. The van der Waals surface area contributed by atoms with E-state index < -0.39 is 0 Å². The van der Waals surface area contributed by atoms with Gasteiger partial charge in [0.2, 0.25) is 0 Å². The van der Waals surface area contributed by atoms with Gasteiger partial charge in [-0.25, -0.2) is 9.37 Å². The van der Waals surface area contributed by atoms with E-state index in [4.69, 9.17) is 10.5 Å². The molecule has 3 N–H and O–H groups in total. The van der Waals surface area contributed by atoms with Gasteiger partial charge in [-0.05, 0) is 31.0 Å². The van der Waals surface area contributed by atoms with E-state index in [2.05, 4.69) is 15.3 Å². The zero-order valence-corrected chi connectivity index (χ0v) is 12.5. The van der Waals surface area contributed by atoms with Crippen LogP contribution in [0.3, 0.4) is 0 Å². The molecule has 3 heterocycles. The van der Waals surface area contributed by atoms with Crippen LogP contribution in [0.15, 0.2) is 29.5 Å². The molecule has 22 heavy (non-hydrogen) atoms. The summed E-state index contributed by atoms with van der Waals surface area (Å²) in [6.45, 7) is 2.45. The number of aliphatic imine (C=N–C) groups is 1. The average molecular weight is 304 g/mol. The van der Waals surface area contributed by atoms with Gasteiger partial charge in [-0.2, -0.15) is 0 Å². The minimum atomic E-state index is -0.325. The monoisotopic (exact) mass is 304 g/mol. The fourth-order valence-electron chi connectivity index (χ4n) is 2.84. The molecule has 1 saturated heterocycles. The molecule has 1 atom stereocenters. The number of pyridine rings is 1. The van der Waals surface area contributed by atoms with E-state index in [9.17, 15) is 4.39 Å². The van der Waals surface area contributed by atoms with Crippen LogP contribution in [-0.4, -0.2) is 30.6 Å². The van der Waals surface area contributed by atoms with Gasteiger partial charge in [0.1, 0.15) is 17.5 Å². The summed E-state index contributed by atoms with van der Waals surface area (Å²) in [6, 6.07) is 1.60. The zero-order chi connectivity index (χ0) is 15.4. The Morgan fingerprint density at radius 1 is 1.41 bits per heavy atom. The topological polar surface area (TPSA) is 72.5 Å². The smallest absolute Gasteiger partial charge is 0.145 e. The quantitative estimate of drug-likeness (QED) is 0.898. The molecule has 0 aromatic carbocycles. The van der Waals surface area contributed by atoms with Crippen LogP contribution in [0, 0.1) is 11.7 Å². The number of nitrogen functional groups attached to an aromatic ring is 1. The van der Waals surface area contributed by atoms with Crippen molar-refractivity contribution in [2.24, 2.45) is 10.9 Å². The summed E-state index contributed by atoms with van der Waals surface area (Å²) in [5, 5.41) is 3.16. The molecule has 118 valence electrons. The Hall–Kier alpha value is -1.95. The SMILES string of the molecule is Nc1cc(C2C=CNC(=NCC3CCOCC3)C2)c(F)cn1. The molecule has 5 nitrogen and oxygen atoms in total. The Balaban J connectivity index is 1.67. The van der Waals surface area contributed by atoms with Gasteiger partial charge in [0, 0.05) is 37.7 Å². The molecule has 3 rings (SSSR count). The molecule has 0 spiro atoms. The van der Waals surface area contributed by atoms with Crippen molar-refractivity contribution in [1.29, 1.82) is 0 Å². The maximum Gasteiger partial charge on any atom is 0.145 e. The average Bonchev–Trinajstić information content (AvgIpc) is 2.56. The van der Waals surface area contributed by atoms with Gasteiger partial charge >= 0.3 is 0 Å². The van der Waals surface area contributed by atoms with Crippen LogP contribution >= 0.6 is 0 Å².